The van der Waals surface area contributed by atoms with Crippen molar-refractivity contribution in [2.24, 2.45) is 12.8 Å². The van der Waals surface area contributed by atoms with Crippen LogP contribution in [0.2, 0.25) is 0 Å². The van der Waals surface area contributed by atoms with E-state index in [1.54, 1.807) is 11.6 Å². The number of nitrogens with two attached hydrogens (primary N) is 1. The molecular weight excluding hydrogens is 188 g/mol. The smallest absolute Gasteiger partial charge is 0.258 e. The summed E-state index contributed by atoms with van der Waals surface area (Å²) in [4.78, 5) is 11.9. The fourth-order valence-corrected chi connectivity index (χ4v) is 1.70. The molecule has 2 N–H and O–H groups in total. The average Bonchev–Trinajstić information content (AvgIpc) is 2.26. The minimum Gasteiger partial charge on any atom is -0.326 e. The zero-order valence-electron chi connectivity index (χ0n) is 8.95. The number of hydrogen-bond donors (Lipinski definition) is 1. The maximum Gasteiger partial charge on any atom is 0.258 e. The Labute approximate surface area is 88.1 Å². The maximum absolute atomic E-state index is 11.9. The van der Waals surface area contributed by atoms with Gasteiger partial charge in [0.05, 0.1) is 0 Å². The molecule has 1 heterocycles. The van der Waals surface area contributed by atoms with Crippen molar-refractivity contribution in [2.45, 2.75) is 13.5 Å². The van der Waals surface area contributed by atoms with Crippen molar-refractivity contribution in [3.63, 3.8) is 0 Å². The van der Waals surface area contributed by atoms with Gasteiger partial charge in [0.2, 0.25) is 0 Å². The summed E-state index contributed by atoms with van der Waals surface area (Å²) in [5.41, 5.74) is 7.55. The number of benzene rings is 1. The molecule has 0 saturated heterocycles. The molecule has 0 saturated carbocycles. The Hall–Kier alpha value is -1.61. The predicted molar refractivity (Wildman–Crippen MR) is 61.8 cm³/mol. The second kappa shape index (κ2) is 3.51. The fraction of sp³-hybridized carbons (Fsp3) is 0.250. The average molecular weight is 202 g/mol. The molecule has 3 nitrogen and oxygen atoms in total. The summed E-state index contributed by atoms with van der Waals surface area (Å²) >= 11 is 0. The predicted octanol–water partition coefficient (Wildman–Crippen LogP) is 1.31. The van der Waals surface area contributed by atoms with Crippen LogP contribution in [0.5, 0.6) is 0 Å². The number of pyridine rings is 1. The topological polar surface area (TPSA) is 48.0 Å². The molecule has 0 fully saturated rings. The molecule has 0 atom stereocenters. The van der Waals surface area contributed by atoms with Crippen LogP contribution in [0.25, 0.3) is 10.8 Å². The summed E-state index contributed by atoms with van der Waals surface area (Å²) < 4.78 is 1.66. The lowest BCUT2D eigenvalue weighted by atomic mass is 10.1. The van der Waals surface area contributed by atoms with Gasteiger partial charge in [0, 0.05) is 24.7 Å². The largest absolute Gasteiger partial charge is 0.326 e. The fourth-order valence-electron chi connectivity index (χ4n) is 1.70. The number of fused-ring (bicyclic) bond motifs is 1. The molecule has 3 heteroatoms. The van der Waals surface area contributed by atoms with Gasteiger partial charge in [-0.15, -0.1) is 0 Å². The molecule has 1 aromatic heterocycles. The van der Waals surface area contributed by atoms with Crippen LogP contribution in [-0.4, -0.2) is 4.57 Å². The highest BCUT2D eigenvalue weighted by Gasteiger charge is 2.03. The van der Waals surface area contributed by atoms with E-state index in [9.17, 15) is 4.79 Å². The highest BCUT2D eigenvalue weighted by molar-refractivity contribution is 5.82. The lowest BCUT2D eigenvalue weighted by molar-refractivity contribution is 0.830. The first kappa shape index (κ1) is 9.93. The van der Waals surface area contributed by atoms with Gasteiger partial charge >= 0.3 is 0 Å². The molecule has 78 valence electrons. The maximum atomic E-state index is 11.9. The van der Waals surface area contributed by atoms with Crippen molar-refractivity contribution in [2.75, 3.05) is 0 Å². The number of nitrogens with zero attached hydrogens (tertiary/aromatic N) is 1. The lowest BCUT2D eigenvalue weighted by Crippen LogP contribution is -2.18. The van der Waals surface area contributed by atoms with Crippen molar-refractivity contribution < 1.29 is 0 Å². The zero-order valence-corrected chi connectivity index (χ0v) is 8.95. The molecule has 0 aliphatic heterocycles. The van der Waals surface area contributed by atoms with Crippen LogP contribution in [0.4, 0.5) is 0 Å². The van der Waals surface area contributed by atoms with Gasteiger partial charge in [0.25, 0.3) is 5.56 Å². The van der Waals surface area contributed by atoms with Gasteiger partial charge in [-0.1, -0.05) is 12.1 Å². The Morgan fingerprint density at radius 2 is 2.07 bits per heavy atom. The van der Waals surface area contributed by atoms with Crippen LogP contribution in [-0.2, 0) is 13.6 Å². The van der Waals surface area contributed by atoms with E-state index in [1.165, 1.54) is 0 Å². The molecule has 0 amide bonds. The Morgan fingerprint density at radius 1 is 1.33 bits per heavy atom. The number of aryl methyl sites for hydroxylation is 1. The van der Waals surface area contributed by atoms with E-state index < -0.39 is 0 Å². The molecule has 2 rings (SSSR count). The van der Waals surface area contributed by atoms with Gasteiger partial charge in [0.1, 0.15) is 0 Å². The highest BCUT2D eigenvalue weighted by atomic mass is 16.1. The molecule has 0 radical (unpaired) electrons. The van der Waals surface area contributed by atoms with Gasteiger partial charge < -0.3 is 10.3 Å². The van der Waals surface area contributed by atoms with Gasteiger partial charge in [-0.2, -0.15) is 0 Å². The summed E-state index contributed by atoms with van der Waals surface area (Å²) in [6.07, 6.45) is 0. The molecule has 2 aromatic rings. The van der Waals surface area contributed by atoms with E-state index >= 15 is 0 Å². The normalized spacial score (nSPS) is 10.9. The third-order valence-corrected chi connectivity index (χ3v) is 2.78. The van der Waals surface area contributed by atoms with Gasteiger partial charge in [0.15, 0.2) is 0 Å². The van der Waals surface area contributed by atoms with Crippen LogP contribution in [0, 0.1) is 6.92 Å². The summed E-state index contributed by atoms with van der Waals surface area (Å²) in [6, 6.07) is 7.79. The Morgan fingerprint density at radius 3 is 2.73 bits per heavy atom. The van der Waals surface area contributed by atoms with E-state index in [2.05, 4.69) is 0 Å². The van der Waals surface area contributed by atoms with Crippen LogP contribution >= 0.6 is 0 Å². The molecule has 0 unspecified atom stereocenters. The molecule has 15 heavy (non-hydrogen) atoms. The van der Waals surface area contributed by atoms with Crippen LogP contribution < -0.4 is 11.3 Å². The van der Waals surface area contributed by atoms with E-state index in [-0.39, 0.29) is 5.56 Å². The van der Waals surface area contributed by atoms with Crippen molar-refractivity contribution in [1.82, 2.24) is 4.57 Å². The van der Waals surface area contributed by atoms with Crippen molar-refractivity contribution in [3.05, 3.63) is 45.9 Å². The van der Waals surface area contributed by atoms with Gasteiger partial charge in [-0.05, 0) is 30.0 Å². The molecule has 1 aromatic carbocycles. The third kappa shape index (κ3) is 1.55. The van der Waals surface area contributed by atoms with E-state index in [0.29, 0.717) is 6.54 Å². The zero-order chi connectivity index (χ0) is 11.0. The Kier molecular flexibility index (Phi) is 2.32. The summed E-state index contributed by atoms with van der Waals surface area (Å²) in [5.74, 6) is 0. The summed E-state index contributed by atoms with van der Waals surface area (Å²) in [5, 5.41) is 1.72. The minimum atomic E-state index is 0.0419. The first-order valence-corrected chi connectivity index (χ1v) is 4.93. The second-order valence-electron chi connectivity index (χ2n) is 3.78. The molecule has 0 aliphatic carbocycles. The van der Waals surface area contributed by atoms with Gasteiger partial charge in [-0.3, -0.25) is 4.79 Å². The van der Waals surface area contributed by atoms with Crippen LogP contribution in [0.1, 0.15) is 11.3 Å². The monoisotopic (exact) mass is 202 g/mol. The minimum absolute atomic E-state index is 0.0419. The quantitative estimate of drug-likeness (QED) is 0.757. The van der Waals surface area contributed by atoms with Crippen LogP contribution in [0.3, 0.4) is 0 Å². The molecular formula is C12H14N2O. The van der Waals surface area contributed by atoms with Crippen molar-refractivity contribution >= 4 is 10.8 Å². The van der Waals surface area contributed by atoms with Gasteiger partial charge in [-0.25, -0.2) is 0 Å². The van der Waals surface area contributed by atoms with E-state index in [1.807, 2.05) is 31.2 Å². The second-order valence-corrected chi connectivity index (χ2v) is 3.78. The lowest BCUT2D eigenvalue weighted by Gasteiger charge is -2.06. The van der Waals surface area contributed by atoms with E-state index in [0.717, 1.165) is 22.0 Å². The number of aromatic nitrogens is 1. The highest BCUT2D eigenvalue weighted by Crippen LogP contribution is 2.13. The summed E-state index contributed by atoms with van der Waals surface area (Å²) in [7, 11) is 1.78. The van der Waals surface area contributed by atoms with E-state index in [4.69, 9.17) is 5.73 Å². The van der Waals surface area contributed by atoms with Crippen LogP contribution in [0.15, 0.2) is 29.1 Å². The number of hydrogen-bond acceptors (Lipinski definition) is 2. The first-order valence-electron chi connectivity index (χ1n) is 4.93. The Bertz CT molecular complexity index is 570. The standard InChI is InChI=1S/C12H14N2O/c1-8-5-10-4-3-9(7-13)6-11(10)12(15)14(8)2/h3-6H,7,13H2,1-2H3. The Balaban J connectivity index is 2.88. The molecule has 0 spiro atoms. The molecule has 0 bridgehead atoms. The van der Waals surface area contributed by atoms with Crippen molar-refractivity contribution in [1.29, 1.82) is 0 Å². The molecule has 0 aliphatic rings. The number of rotatable bonds is 1. The third-order valence-electron chi connectivity index (χ3n) is 2.78. The SMILES string of the molecule is Cc1cc2ccc(CN)cc2c(=O)n1C. The summed E-state index contributed by atoms with van der Waals surface area (Å²) in [6.45, 7) is 2.39. The first-order chi connectivity index (χ1) is 7.13. The van der Waals surface area contributed by atoms with Crippen molar-refractivity contribution in [3.8, 4) is 0 Å².